The zero-order chi connectivity index (χ0) is 28.2. The fraction of sp³-hybridized carbons (Fsp3) is 0.306. The monoisotopic (exact) mass is 531 g/mol. The van der Waals surface area contributed by atoms with Crippen molar-refractivity contribution in [1.29, 1.82) is 0 Å². The van der Waals surface area contributed by atoms with Gasteiger partial charge in [0.1, 0.15) is 14.1 Å². The van der Waals surface area contributed by atoms with Crippen molar-refractivity contribution < 1.29 is 4.58 Å². The predicted molar refractivity (Wildman–Crippen MR) is 173 cm³/mol. The Bertz CT molecular complexity index is 1460. The molecule has 1 aliphatic carbocycles. The van der Waals surface area contributed by atoms with Crippen LogP contribution in [-0.2, 0) is 12.8 Å². The van der Waals surface area contributed by atoms with Gasteiger partial charge in [0.15, 0.2) is 5.71 Å². The third-order valence-electron chi connectivity index (χ3n) is 7.94. The van der Waals surface area contributed by atoms with Crippen LogP contribution in [-0.4, -0.2) is 70.6 Å². The Balaban J connectivity index is 1.65. The molecular formula is C36H43N4+. The van der Waals surface area contributed by atoms with Crippen molar-refractivity contribution in [3.63, 3.8) is 0 Å². The maximum absolute atomic E-state index is 2.58. The summed E-state index contributed by atoms with van der Waals surface area (Å²) in [6, 6.07) is 25.1. The fourth-order valence-corrected chi connectivity index (χ4v) is 5.71. The molecule has 0 amide bonds. The van der Waals surface area contributed by atoms with Crippen LogP contribution in [0.25, 0.3) is 5.57 Å². The van der Waals surface area contributed by atoms with Crippen LogP contribution < -0.4 is 9.80 Å². The topological polar surface area (TPSA) is 12.7 Å². The largest absolute Gasteiger partial charge is 0.378 e. The number of benzene rings is 3. The number of hydrogen-bond acceptors (Lipinski definition) is 3. The number of aryl methyl sites for hydroxylation is 2. The minimum Gasteiger partial charge on any atom is -0.378 e. The highest BCUT2D eigenvalue weighted by Crippen LogP contribution is 2.40. The van der Waals surface area contributed by atoms with E-state index in [1.807, 2.05) is 0 Å². The predicted octanol–water partition coefficient (Wildman–Crippen LogP) is 6.58. The standard InChI is InChI=1S/C36H43N4/c1-37(2)24-9-25-40-34-11-8-7-10-27(34)12-13-28-14-15-31(26-35(28)40)36(29-16-20-32(21-17-29)38(3)4)30-18-22-33(23-19-30)39(5)6/h7-8,10-11,14-23,26H,9,12-13,24-25H2,1-6H3/q+1. The fourth-order valence-electron chi connectivity index (χ4n) is 5.71. The highest BCUT2D eigenvalue weighted by molar-refractivity contribution is 6.04. The van der Waals surface area contributed by atoms with Gasteiger partial charge in [-0.05, 0) is 110 Å². The van der Waals surface area contributed by atoms with Crippen molar-refractivity contribution >= 4 is 28.3 Å². The van der Waals surface area contributed by atoms with Gasteiger partial charge in [0.05, 0.1) is 0 Å². The molecular weight excluding hydrogens is 488 g/mol. The summed E-state index contributed by atoms with van der Waals surface area (Å²) in [6.07, 6.45) is 12.2. The second-order valence-corrected chi connectivity index (χ2v) is 11.5. The van der Waals surface area contributed by atoms with E-state index in [0.717, 1.165) is 32.4 Å². The van der Waals surface area contributed by atoms with Gasteiger partial charge in [-0.3, -0.25) is 0 Å². The van der Waals surface area contributed by atoms with E-state index in [1.165, 1.54) is 56.2 Å². The van der Waals surface area contributed by atoms with Gasteiger partial charge >= 0.3 is 0 Å². The molecule has 1 aliphatic heterocycles. The summed E-state index contributed by atoms with van der Waals surface area (Å²) in [5, 5.41) is 0. The zero-order valence-electron chi connectivity index (χ0n) is 25.0. The number of nitrogens with zero attached hydrogens (tertiary/aromatic N) is 4. The Morgan fingerprint density at radius 1 is 0.750 bits per heavy atom. The van der Waals surface area contributed by atoms with Crippen LogP contribution >= 0.6 is 0 Å². The van der Waals surface area contributed by atoms with Gasteiger partial charge < -0.3 is 14.7 Å². The Hall–Kier alpha value is -3.89. The molecule has 1 heterocycles. The van der Waals surface area contributed by atoms with E-state index in [0.29, 0.717) is 0 Å². The molecule has 0 unspecified atom stereocenters. The number of hydrogen-bond donors (Lipinski definition) is 0. The summed E-state index contributed by atoms with van der Waals surface area (Å²) in [7, 11) is 12.7. The maximum Gasteiger partial charge on any atom is 0.199 e. The second-order valence-electron chi connectivity index (χ2n) is 11.5. The third-order valence-corrected chi connectivity index (χ3v) is 7.94. The molecule has 3 aromatic rings. The van der Waals surface area contributed by atoms with Gasteiger partial charge in [-0.2, -0.15) is 0 Å². The lowest BCUT2D eigenvalue weighted by Gasteiger charge is -2.28. The molecule has 4 nitrogen and oxygen atoms in total. The minimum absolute atomic E-state index is 0.996. The molecule has 4 heteroatoms. The first kappa shape index (κ1) is 27.7. The Kier molecular flexibility index (Phi) is 8.37. The molecule has 0 aromatic heterocycles. The third kappa shape index (κ3) is 5.97. The molecule has 0 spiro atoms. The molecule has 206 valence electrons. The molecule has 3 aromatic carbocycles. The van der Waals surface area contributed by atoms with Gasteiger partial charge in [0.25, 0.3) is 0 Å². The SMILES string of the molecule is CN(C)CCCN1c2ccccc2CCc2ccc(C(=C3C=CC(=[N+](C)C)C=C3)c3ccc(N(C)C)cc3)cc21. The minimum atomic E-state index is 0.996. The lowest BCUT2D eigenvalue weighted by Crippen LogP contribution is -2.24. The number of fused-ring (bicyclic) bond motifs is 2. The first-order valence-electron chi connectivity index (χ1n) is 14.4. The number of allylic oxidation sites excluding steroid dienone is 5. The number of rotatable bonds is 7. The lowest BCUT2D eigenvalue weighted by molar-refractivity contribution is -0.462. The second kappa shape index (κ2) is 12.1. The zero-order valence-corrected chi connectivity index (χ0v) is 25.0. The molecule has 0 radical (unpaired) electrons. The van der Waals surface area contributed by atoms with Crippen LogP contribution in [0.3, 0.4) is 0 Å². The van der Waals surface area contributed by atoms with Crippen molar-refractivity contribution in [2.24, 2.45) is 0 Å². The van der Waals surface area contributed by atoms with Crippen molar-refractivity contribution in [3.8, 4) is 0 Å². The highest BCUT2D eigenvalue weighted by atomic mass is 15.1. The van der Waals surface area contributed by atoms with Crippen LogP contribution in [0.15, 0.2) is 96.6 Å². The van der Waals surface area contributed by atoms with Crippen LogP contribution in [0, 0.1) is 0 Å². The Labute approximate surface area is 240 Å². The van der Waals surface area contributed by atoms with E-state index in [1.54, 1.807) is 0 Å². The average molecular weight is 532 g/mol. The van der Waals surface area contributed by atoms with Crippen molar-refractivity contribution in [2.75, 3.05) is 65.2 Å². The lowest BCUT2D eigenvalue weighted by atomic mass is 9.89. The molecule has 5 rings (SSSR count). The van der Waals surface area contributed by atoms with E-state index >= 15 is 0 Å². The van der Waals surface area contributed by atoms with Gasteiger partial charge in [0.2, 0.25) is 0 Å². The molecule has 40 heavy (non-hydrogen) atoms. The van der Waals surface area contributed by atoms with Gasteiger partial charge in [-0.25, -0.2) is 4.58 Å². The normalized spacial score (nSPS) is 14.2. The number of para-hydroxylation sites is 1. The van der Waals surface area contributed by atoms with E-state index in [9.17, 15) is 0 Å². The molecule has 2 aliphatic rings. The van der Waals surface area contributed by atoms with Gasteiger partial charge in [0, 0.05) is 49.9 Å². The van der Waals surface area contributed by atoms with Crippen LogP contribution in [0.2, 0.25) is 0 Å². The molecule has 0 fully saturated rings. The molecule has 0 bridgehead atoms. The summed E-state index contributed by atoms with van der Waals surface area (Å²) in [5.74, 6) is 0. The summed E-state index contributed by atoms with van der Waals surface area (Å²) < 4.78 is 2.15. The summed E-state index contributed by atoms with van der Waals surface area (Å²) in [6.45, 7) is 2.07. The first-order chi connectivity index (χ1) is 19.3. The molecule has 0 saturated heterocycles. The van der Waals surface area contributed by atoms with E-state index < -0.39 is 0 Å². The van der Waals surface area contributed by atoms with Crippen LogP contribution in [0.4, 0.5) is 17.1 Å². The van der Waals surface area contributed by atoms with Crippen LogP contribution in [0.5, 0.6) is 0 Å². The molecule has 0 N–H and O–H groups in total. The molecule has 0 saturated carbocycles. The summed E-state index contributed by atoms with van der Waals surface area (Å²) in [4.78, 5) is 7.01. The van der Waals surface area contributed by atoms with Crippen molar-refractivity contribution in [2.45, 2.75) is 19.3 Å². The molecule has 0 atom stereocenters. The van der Waals surface area contributed by atoms with Crippen LogP contribution in [0.1, 0.15) is 28.7 Å². The Morgan fingerprint density at radius 2 is 1.40 bits per heavy atom. The van der Waals surface area contributed by atoms with E-state index in [2.05, 4.69) is 153 Å². The van der Waals surface area contributed by atoms with Gasteiger partial charge in [-0.1, -0.05) is 42.5 Å². The average Bonchev–Trinajstić information content (AvgIpc) is 3.10. The summed E-state index contributed by atoms with van der Waals surface area (Å²) >= 11 is 0. The maximum atomic E-state index is 2.58. The van der Waals surface area contributed by atoms with Crippen molar-refractivity contribution in [3.05, 3.63) is 119 Å². The Morgan fingerprint density at radius 3 is 2.05 bits per heavy atom. The number of anilines is 3. The van der Waals surface area contributed by atoms with E-state index in [-0.39, 0.29) is 0 Å². The quantitative estimate of drug-likeness (QED) is 0.320. The van der Waals surface area contributed by atoms with E-state index in [4.69, 9.17) is 0 Å². The smallest absolute Gasteiger partial charge is 0.199 e. The van der Waals surface area contributed by atoms with Gasteiger partial charge in [-0.15, -0.1) is 0 Å². The van der Waals surface area contributed by atoms with Crippen molar-refractivity contribution in [1.82, 2.24) is 4.90 Å². The first-order valence-corrected chi connectivity index (χ1v) is 14.4. The highest BCUT2D eigenvalue weighted by Gasteiger charge is 2.22. The summed E-state index contributed by atoms with van der Waals surface area (Å²) in [5.41, 5.74) is 13.0.